The smallest absolute Gasteiger partial charge is 0.248 e. The Bertz CT molecular complexity index is 982. The van der Waals surface area contributed by atoms with Crippen LogP contribution in [0.2, 0.25) is 10.0 Å². The Morgan fingerprint density at radius 3 is 2.45 bits per heavy atom. The van der Waals surface area contributed by atoms with Crippen LogP contribution in [0.4, 0.5) is 14.5 Å². The van der Waals surface area contributed by atoms with E-state index in [1.54, 1.807) is 36.4 Å². The highest BCUT2D eigenvalue weighted by molar-refractivity contribution is 6.42. The number of nitrogens with one attached hydrogen (secondary N) is 1. The summed E-state index contributed by atoms with van der Waals surface area (Å²) >= 11 is 11.9. The summed E-state index contributed by atoms with van der Waals surface area (Å²) in [6.45, 7) is 0. The molecule has 1 amide bonds. The highest BCUT2D eigenvalue weighted by Gasteiger charge is 2.45. The van der Waals surface area contributed by atoms with Gasteiger partial charge in [-0.15, -0.1) is 5.10 Å². The average molecular weight is 470 g/mol. The van der Waals surface area contributed by atoms with Crippen molar-refractivity contribution in [1.82, 2.24) is 5.12 Å². The van der Waals surface area contributed by atoms with Crippen molar-refractivity contribution in [1.29, 1.82) is 0 Å². The Labute approximate surface area is 189 Å². The molecule has 1 saturated carbocycles. The van der Waals surface area contributed by atoms with Crippen LogP contribution < -0.4 is 16.9 Å². The summed E-state index contributed by atoms with van der Waals surface area (Å²) in [4.78, 5) is 13.2. The number of nitrogens with zero attached hydrogens (tertiary/aromatic N) is 2. The molecule has 1 aliphatic rings. The maximum atomic E-state index is 13.9. The summed E-state index contributed by atoms with van der Waals surface area (Å²) < 4.78 is 27.9. The highest BCUT2D eigenvalue weighted by Crippen LogP contribution is 2.46. The molecule has 2 unspecified atom stereocenters. The minimum absolute atomic E-state index is 0.195. The summed E-state index contributed by atoms with van der Waals surface area (Å²) in [6, 6.07) is 11.5. The van der Waals surface area contributed by atoms with Gasteiger partial charge in [-0.05, 0) is 36.1 Å². The number of nitrogens with two attached hydrogens (primary N) is 2. The molecular formula is C21H23Cl2F2N5O. The van der Waals surface area contributed by atoms with Crippen molar-refractivity contribution < 1.29 is 13.6 Å². The van der Waals surface area contributed by atoms with E-state index >= 15 is 0 Å². The van der Waals surface area contributed by atoms with Crippen molar-refractivity contribution in [3.05, 3.63) is 63.6 Å². The van der Waals surface area contributed by atoms with Gasteiger partial charge < -0.3 is 11.1 Å². The molecule has 0 spiro atoms. The van der Waals surface area contributed by atoms with E-state index in [2.05, 4.69) is 10.4 Å². The zero-order valence-electron chi connectivity index (χ0n) is 16.8. The lowest BCUT2D eigenvalue weighted by Crippen LogP contribution is -2.28. The second-order valence-corrected chi connectivity index (χ2v) is 8.45. The van der Waals surface area contributed by atoms with Crippen LogP contribution in [0.1, 0.15) is 36.3 Å². The van der Waals surface area contributed by atoms with Gasteiger partial charge in [0.15, 0.2) is 5.84 Å². The summed E-state index contributed by atoms with van der Waals surface area (Å²) in [7, 11) is 1.53. The molecule has 0 saturated heterocycles. The molecule has 1 aliphatic carbocycles. The quantitative estimate of drug-likeness (QED) is 0.249. The Hall–Kier alpha value is -2.42. The monoisotopic (exact) mass is 469 g/mol. The van der Waals surface area contributed by atoms with E-state index in [1.807, 2.05) is 0 Å². The standard InChI is InChI=1S/C21H23Cl2F2N5O/c1-30(27)29-19(26)13-4-2-12(3-5-13)18(14-8-9-21(24,25)11-14)20(31)28-15-6-7-16(22)17(23)10-15/h2-7,10,14,18H,8-9,11,27H2,1H3,(H2,26,29)(H,28,31). The number of anilines is 1. The molecule has 5 N–H and O–H groups in total. The molecule has 0 bridgehead atoms. The van der Waals surface area contributed by atoms with Crippen molar-refractivity contribution in [3.8, 4) is 0 Å². The Morgan fingerprint density at radius 2 is 1.90 bits per heavy atom. The van der Waals surface area contributed by atoms with E-state index in [4.69, 9.17) is 34.8 Å². The number of benzene rings is 2. The van der Waals surface area contributed by atoms with Crippen molar-refractivity contribution in [2.75, 3.05) is 12.4 Å². The molecule has 3 rings (SSSR count). The van der Waals surface area contributed by atoms with E-state index in [-0.39, 0.29) is 30.1 Å². The topological polar surface area (TPSA) is 96.7 Å². The molecule has 0 heterocycles. The lowest BCUT2D eigenvalue weighted by atomic mass is 9.83. The van der Waals surface area contributed by atoms with Crippen LogP contribution in [0.3, 0.4) is 0 Å². The number of hydrogen-bond acceptors (Lipinski definition) is 4. The van der Waals surface area contributed by atoms with Crippen LogP contribution in [0, 0.1) is 5.92 Å². The third kappa shape index (κ3) is 5.84. The van der Waals surface area contributed by atoms with E-state index in [0.717, 1.165) is 5.12 Å². The fourth-order valence-corrected chi connectivity index (χ4v) is 4.09. The van der Waals surface area contributed by atoms with Gasteiger partial charge in [0.25, 0.3) is 0 Å². The maximum absolute atomic E-state index is 13.9. The van der Waals surface area contributed by atoms with Gasteiger partial charge in [0.05, 0.1) is 16.0 Å². The minimum Gasteiger partial charge on any atom is -0.382 e. The van der Waals surface area contributed by atoms with Gasteiger partial charge in [-0.1, -0.05) is 47.5 Å². The number of alkyl halides is 2. The van der Waals surface area contributed by atoms with Crippen molar-refractivity contribution >= 4 is 40.6 Å². The lowest BCUT2D eigenvalue weighted by Gasteiger charge is -2.24. The van der Waals surface area contributed by atoms with Crippen molar-refractivity contribution in [2.45, 2.75) is 31.1 Å². The van der Waals surface area contributed by atoms with E-state index < -0.39 is 23.7 Å². The maximum Gasteiger partial charge on any atom is 0.248 e. The fourth-order valence-electron chi connectivity index (χ4n) is 3.79. The van der Waals surface area contributed by atoms with Crippen LogP contribution >= 0.6 is 23.2 Å². The summed E-state index contributed by atoms with van der Waals surface area (Å²) in [5.41, 5.74) is 7.54. The van der Waals surface area contributed by atoms with Crippen LogP contribution in [0.25, 0.3) is 0 Å². The summed E-state index contributed by atoms with van der Waals surface area (Å²) in [5.74, 6) is 1.21. The van der Waals surface area contributed by atoms with Crippen molar-refractivity contribution in [2.24, 2.45) is 22.6 Å². The SMILES string of the molecule is CN(N)/N=C(\N)c1ccc(C(C(=O)Nc2ccc(Cl)c(Cl)c2)C2CCC(F)(F)C2)cc1. The predicted molar refractivity (Wildman–Crippen MR) is 119 cm³/mol. The van der Waals surface area contributed by atoms with E-state index in [9.17, 15) is 13.6 Å². The number of amides is 1. The van der Waals surface area contributed by atoms with Crippen LogP contribution in [-0.4, -0.2) is 29.8 Å². The Morgan fingerprint density at radius 1 is 1.23 bits per heavy atom. The molecule has 0 radical (unpaired) electrons. The Kier molecular flexibility index (Phi) is 7.03. The molecule has 31 heavy (non-hydrogen) atoms. The third-order valence-corrected chi connectivity index (χ3v) is 5.95. The van der Waals surface area contributed by atoms with Gasteiger partial charge in [-0.25, -0.2) is 19.7 Å². The molecule has 2 aromatic rings. The first-order chi connectivity index (χ1) is 14.6. The summed E-state index contributed by atoms with van der Waals surface area (Å²) in [6.07, 6.45) is -0.347. The Balaban J connectivity index is 1.89. The number of carbonyl (C=O) groups excluding carboxylic acids is 1. The van der Waals surface area contributed by atoms with Gasteiger partial charge in [-0.3, -0.25) is 4.79 Å². The lowest BCUT2D eigenvalue weighted by molar-refractivity contribution is -0.118. The van der Waals surface area contributed by atoms with E-state index in [0.29, 0.717) is 21.8 Å². The molecular weight excluding hydrogens is 447 g/mol. The molecule has 166 valence electrons. The molecule has 2 atom stereocenters. The molecule has 6 nitrogen and oxygen atoms in total. The number of amidine groups is 1. The number of halogens is 4. The second-order valence-electron chi connectivity index (χ2n) is 7.64. The highest BCUT2D eigenvalue weighted by atomic mass is 35.5. The van der Waals surface area contributed by atoms with E-state index in [1.165, 1.54) is 13.1 Å². The van der Waals surface area contributed by atoms with Crippen LogP contribution in [0.5, 0.6) is 0 Å². The number of hydrogen-bond donors (Lipinski definition) is 3. The predicted octanol–water partition coefficient (Wildman–Crippen LogP) is 4.58. The molecule has 10 heteroatoms. The fraction of sp³-hybridized carbons (Fsp3) is 0.333. The van der Waals surface area contributed by atoms with Gasteiger partial charge >= 0.3 is 0 Å². The molecule has 0 aromatic heterocycles. The van der Waals surface area contributed by atoms with Crippen LogP contribution in [-0.2, 0) is 4.79 Å². The summed E-state index contributed by atoms with van der Waals surface area (Å²) in [5, 5.41) is 8.42. The molecule has 1 fully saturated rings. The van der Waals surface area contributed by atoms with Crippen LogP contribution in [0.15, 0.2) is 47.6 Å². The number of hydrazine groups is 1. The number of hydrazone groups is 1. The number of carbonyl (C=O) groups is 1. The first-order valence-electron chi connectivity index (χ1n) is 9.62. The average Bonchev–Trinajstić information content (AvgIpc) is 3.04. The van der Waals surface area contributed by atoms with Gasteiger partial charge in [0, 0.05) is 31.1 Å². The first kappa shape index (κ1) is 23.2. The normalized spacial score (nSPS) is 19.2. The van der Waals surface area contributed by atoms with Gasteiger partial charge in [0.1, 0.15) is 0 Å². The second kappa shape index (κ2) is 9.38. The van der Waals surface area contributed by atoms with Gasteiger partial charge in [-0.2, -0.15) is 0 Å². The molecule has 0 aliphatic heterocycles. The van der Waals surface area contributed by atoms with Crippen molar-refractivity contribution in [3.63, 3.8) is 0 Å². The molecule has 2 aromatic carbocycles. The largest absolute Gasteiger partial charge is 0.382 e. The first-order valence-corrected chi connectivity index (χ1v) is 10.4. The van der Waals surface area contributed by atoms with Gasteiger partial charge in [0.2, 0.25) is 11.8 Å². The zero-order chi connectivity index (χ0) is 22.8. The number of rotatable bonds is 6. The minimum atomic E-state index is -2.78. The third-order valence-electron chi connectivity index (χ3n) is 5.21. The zero-order valence-corrected chi connectivity index (χ0v) is 18.3.